The van der Waals surface area contributed by atoms with Crippen molar-refractivity contribution in [1.82, 2.24) is 0 Å². The molecule has 7 heteroatoms. The molecule has 0 spiro atoms. The van der Waals surface area contributed by atoms with Crippen molar-refractivity contribution in [2.75, 3.05) is 34.3 Å². The Kier molecular flexibility index (Phi) is 8.57. The lowest BCUT2D eigenvalue weighted by molar-refractivity contribution is -0.870. The Hall–Kier alpha value is -2.41. The van der Waals surface area contributed by atoms with Crippen molar-refractivity contribution in [3.8, 4) is 5.75 Å². The molecule has 0 heterocycles. The van der Waals surface area contributed by atoms with Gasteiger partial charge in [-0.15, -0.1) is 0 Å². The van der Waals surface area contributed by atoms with Crippen LogP contribution in [0.3, 0.4) is 0 Å². The summed E-state index contributed by atoms with van der Waals surface area (Å²) in [5.74, 6) is -2.12. The second kappa shape index (κ2) is 9.58. The fourth-order valence-corrected chi connectivity index (χ4v) is 1.34. The van der Waals surface area contributed by atoms with Crippen LogP contribution in [0.25, 0.3) is 0 Å². The van der Waals surface area contributed by atoms with E-state index in [4.69, 9.17) is 4.74 Å². The summed E-state index contributed by atoms with van der Waals surface area (Å²) in [6, 6.07) is 5.81. The van der Waals surface area contributed by atoms with Crippen LogP contribution in [0.15, 0.2) is 24.3 Å². The molecule has 0 fully saturated rings. The molecule has 0 aliphatic rings. The fourth-order valence-electron chi connectivity index (χ4n) is 1.34. The van der Waals surface area contributed by atoms with Crippen molar-refractivity contribution in [2.45, 2.75) is 13.8 Å². The van der Waals surface area contributed by atoms with Crippen molar-refractivity contribution in [1.29, 1.82) is 0 Å². The molecular formula is C16H23NO6. The van der Waals surface area contributed by atoms with Gasteiger partial charge in [0.2, 0.25) is 0 Å². The van der Waals surface area contributed by atoms with Crippen molar-refractivity contribution >= 4 is 17.9 Å². The van der Waals surface area contributed by atoms with Crippen LogP contribution >= 0.6 is 0 Å². The number of para-hydroxylation sites is 1. The summed E-state index contributed by atoms with van der Waals surface area (Å²) >= 11 is 0. The molecule has 0 N–H and O–H groups in total. The van der Waals surface area contributed by atoms with Gasteiger partial charge in [-0.1, -0.05) is 12.1 Å². The lowest BCUT2D eigenvalue weighted by Crippen LogP contribution is -2.37. The molecule has 0 unspecified atom stereocenters. The Bertz CT molecular complexity index is 548. The molecule has 0 radical (unpaired) electrons. The molecule has 0 aliphatic heterocycles. The number of carbonyl (C=O) groups excluding carboxylic acids is 3. The lowest BCUT2D eigenvalue weighted by Gasteiger charge is -2.23. The van der Waals surface area contributed by atoms with E-state index in [9.17, 15) is 19.5 Å². The molecule has 128 valence electrons. The highest BCUT2D eigenvalue weighted by atomic mass is 16.5. The predicted octanol–water partition coefficient (Wildman–Crippen LogP) is 0.231. The summed E-state index contributed by atoms with van der Waals surface area (Å²) in [6.07, 6.45) is 0. The molecule has 1 aromatic carbocycles. The van der Waals surface area contributed by atoms with Gasteiger partial charge >= 0.3 is 11.9 Å². The third-order valence-electron chi connectivity index (χ3n) is 2.43. The van der Waals surface area contributed by atoms with Crippen LogP contribution in [0.4, 0.5) is 0 Å². The van der Waals surface area contributed by atoms with E-state index < -0.39 is 11.9 Å². The van der Waals surface area contributed by atoms with E-state index in [-0.39, 0.29) is 17.3 Å². The number of benzene rings is 1. The summed E-state index contributed by atoms with van der Waals surface area (Å²) in [4.78, 5) is 31.4. The number of carboxylic acids is 1. The van der Waals surface area contributed by atoms with Gasteiger partial charge in [0.15, 0.2) is 0 Å². The van der Waals surface area contributed by atoms with Crippen LogP contribution in [0, 0.1) is 0 Å². The van der Waals surface area contributed by atoms with Gasteiger partial charge in [-0.05, 0) is 12.1 Å². The summed E-state index contributed by atoms with van der Waals surface area (Å²) in [7, 11) is 6.18. The first-order valence-electron chi connectivity index (χ1n) is 6.95. The Morgan fingerprint density at radius 2 is 1.61 bits per heavy atom. The molecule has 7 nitrogen and oxygen atoms in total. The zero-order chi connectivity index (χ0) is 18.0. The fraction of sp³-hybridized carbons (Fsp3) is 0.438. The smallest absolute Gasteiger partial charge is 0.308 e. The van der Waals surface area contributed by atoms with Gasteiger partial charge in [0.1, 0.15) is 18.9 Å². The van der Waals surface area contributed by atoms with E-state index in [0.29, 0.717) is 6.61 Å². The maximum Gasteiger partial charge on any atom is 0.308 e. The van der Waals surface area contributed by atoms with Gasteiger partial charge in [0, 0.05) is 19.4 Å². The number of hydrogen-bond acceptors (Lipinski definition) is 6. The van der Waals surface area contributed by atoms with E-state index in [2.05, 4.69) is 25.9 Å². The molecule has 1 aromatic rings. The van der Waals surface area contributed by atoms with Crippen LogP contribution in [-0.2, 0) is 14.3 Å². The quantitative estimate of drug-likeness (QED) is 0.437. The number of likely N-dealkylation sites (N-methyl/N-ethyl adjacent to an activating group) is 1. The minimum Gasteiger partial charge on any atom is -0.545 e. The first kappa shape index (κ1) is 20.6. The second-order valence-corrected chi connectivity index (χ2v) is 5.73. The highest BCUT2D eigenvalue weighted by molar-refractivity contribution is 5.90. The van der Waals surface area contributed by atoms with Crippen LogP contribution < -0.4 is 9.84 Å². The SMILES string of the molecule is CC(=O)OCC[N+](C)(C)C.CC(=O)Oc1ccccc1C(=O)[O-]. The number of rotatable bonds is 5. The number of esters is 2. The van der Waals surface area contributed by atoms with Crippen LogP contribution in [0.1, 0.15) is 24.2 Å². The van der Waals surface area contributed by atoms with Gasteiger partial charge in [-0.25, -0.2) is 0 Å². The summed E-state index contributed by atoms with van der Waals surface area (Å²) in [5, 5.41) is 10.5. The topological polar surface area (TPSA) is 92.7 Å². The number of carbonyl (C=O) groups is 3. The molecule has 0 amide bonds. The predicted molar refractivity (Wildman–Crippen MR) is 81.6 cm³/mol. The Morgan fingerprint density at radius 1 is 1.04 bits per heavy atom. The maximum atomic E-state index is 10.6. The molecule has 0 aliphatic carbocycles. The first-order chi connectivity index (χ1) is 10.5. The zero-order valence-corrected chi connectivity index (χ0v) is 14.1. The Morgan fingerprint density at radius 3 is 2.04 bits per heavy atom. The maximum absolute atomic E-state index is 10.6. The van der Waals surface area contributed by atoms with Gasteiger partial charge in [0.05, 0.1) is 27.1 Å². The molecule has 0 bridgehead atoms. The number of ether oxygens (including phenoxy) is 2. The number of quaternary nitrogens is 1. The summed E-state index contributed by atoms with van der Waals surface area (Å²) in [5.41, 5.74) is -0.127. The third-order valence-corrected chi connectivity index (χ3v) is 2.43. The van der Waals surface area contributed by atoms with Crippen LogP contribution in [-0.4, -0.2) is 56.7 Å². The van der Waals surface area contributed by atoms with E-state index in [1.165, 1.54) is 32.0 Å². The minimum atomic E-state index is -1.36. The van der Waals surface area contributed by atoms with Crippen molar-refractivity contribution < 1.29 is 33.4 Å². The average molecular weight is 325 g/mol. The van der Waals surface area contributed by atoms with E-state index in [1.807, 2.05) is 0 Å². The van der Waals surface area contributed by atoms with Crippen molar-refractivity contribution in [3.05, 3.63) is 29.8 Å². The number of aromatic carboxylic acids is 1. The van der Waals surface area contributed by atoms with Gasteiger partial charge in [-0.2, -0.15) is 0 Å². The number of hydrogen-bond donors (Lipinski definition) is 0. The van der Waals surface area contributed by atoms with E-state index >= 15 is 0 Å². The van der Waals surface area contributed by atoms with Crippen molar-refractivity contribution in [3.63, 3.8) is 0 Å². The highest BCUT2D eigenvalue weighted by Gasteiger charge is 2.06. The normalized spacial score (nSPS) is 10.1. The first-order valence-corrected chi connectivity index (χ1v) is 6.95. The third kappa shape index (κ3) is 10.9. The lowest BCUT2D eigenvalue weighted by atomic mass is 10.2. The van der Waals surface area contributed by atoms with Crippen LogP contribution in [0.2, 0.25) is 0 Å². The molecule has 1 rings (SSSR count). The monoisotopic (exact) mass is 325 g/mol. The highest BCUT2D eigenvalue weighted by Crippen LogP contribution is 2.16. The van der Waals surface area contributed by atoms with Gasteiger partial charge < -0.3 is 23.9 Å². The van der Waals surface area contributed by atoms with Crippen LogP contribution in [0.5, 0.6) is 5.75 Å². The standard InChI is InChI=1S/C9H8O4.C7H16NO2/c1-6(10)13-8-5-3-2-4-7(8)9(11)12;1-7(9)10-6-5-8(2,3)4/h2-5H,1H3,(H,11,12);5-6H2,1-4H3/q;+1/p-1. The van der Waals surface area contributed by atoms with Crippen molar-refractivity contribution in [2.24, 2.45) is 0 Å². The largest absolute Gasteiger partial charge is 0.545 e. The van der Waals surface area contributed by atoms with Gasteiger partial charge in [-0.3, -0.25) is 9.59 Å². The molecule has 0 saturated carbocycles. The van der Waals surface area contributed by atoms with E-state index in [1.54, 1.807) is 6.07 Å². The number of nitrogens with zero attached hydrogens (tertiary/aromatic N) is 1. The summed E-state index contributed by atoms with van der Waals surface area (Å²) < 4.78 is 10.2. The zero-order valence-electron chi connectivity index (χ0n) is 14.1. The van der Waals surface area contributed by atoms with E-state index in [0.717, 1.165) is 11.0 Å². The molecule has 0 atom stereocenters. The molecule has 0 aromatic heterocycles. The Balaban J connectivity index is 0.000000438. The van der Waals surface area contributed by atoms with Gasteiger partial charge in [0.25, 0.3) is 0 Å². The average Bonchev–Trinajstić information content (AvgIpc) is 2.37. The minimum absolute atomic E-state index is 0.00926. The Labute approximate surface area is 136 Å². The second-order valence-electron chi connectivity index (χ2n) is 5.73. The molecule has 0 saturated heterocycles. The number of carboxylic acid groups (broad SMARTS) is 1. The molecule has 23 heavy (non-hydrogen) atoms. The summed E-state index contributed by atoms with van der Waals surface area (Å²) in [6.45, 7) is 4.00. The molecular weight excluding hydrogens is 302 g/mol.